The molecule has 32 heavy (non-hydrogen) atoms. The van der Waals surface area contributed by atoms with Gasteiger partial charge < -0.3 is 16.0 Å². The third-order valence-corrected chi connectivity index (χ3v) is 3.87. The first kappa shape index (κ1) is 24.6. The van der Waals surface area contributed by atoms with Gasteiger partial charge in [-0.3, -0.25) is 14.9 Å². The second-order valence-electron chi connectivity index (χ2n) is 7.82. The number of amides is 4. The molecule has 0 fully saturated rings. The number of halogens is 4. The lowest BCUT2D eigenvalue weighted by Gasteiger charge is -2.20. The van der Waals surface area contributed by atoms with Crippen molar-refractivity contribution < 1.29 is 31.9 Å². The topological polar surface area (TPSA) is 99.3 Å². The van der Waals surface area contributed by atoms with Gasteiger partial charge in [0.15, 0.2) is 0 Å². The largest absolute Gasteiger partial charge is 0.418 e. The van der Waals surface area contributed by atoms with Crippen LogP contribution in [0.1, 0.15) is 36.7 Å². The maximum Gasteiger partial charge on any atom is 0.418 e. The van der Waals surface area contributed by atoms with Crippen LogP contribution in [0.25, 0.3) is 0 Å². The molecule has 4 N–H and O–H groups in total. The second kappa shape index (κ2) is 9.67. The zero-order valence-electron chi connectivity index (χ0n) is 17.5. The molecule has 11 heteroatoms. The van der Waals surface area contributed by atoms with Crippen LogP contribution < -0.4 is 21.3 Å². The summed E-state index contributed by atoms with van der Waals surface area (Å²) in [5.41, 5.74) is -2.22. The first-order valence-corrected chi connectivity index (χ1v) is 9.38. The van der Waals surface area contributed by atoms with Crippen molar-refractivity contribution in [2.75, 3.05) is 17.2 Å². The summed E-state index contributed by atoms with van der Waals surface area (Å²) in [4.78, 5) is 35.7. The highest BCUT2D eigenvalue weighted by Gasteiger charge is 2.34. The predicted molar refractivity (Wildman–Crippen MR) is 111 cm³/mol. The van der Waals surface area contributed by atoms with E-state index in [-0.39, 0.29) is 11.3 Å². The zero-order valence-corrected chi connectivity index (χ0v) is 17.5. The molecule has 0 saturated carbocycles. The number of imide groups is 1. The van der Waals surface area contributed by atoms with E-state index in [1.807, 2.05) is 5.32 Å². The first-order valence-electron chi connectivity index (χ1n) is 9.38. The Morgan fingerprint density at radius 2 is 1.56 bits per heavy atom. The minimum Gasteiger partial charge on any atom is -0.376 e. The van der Waals surface area contributed by atoms with Crippen LogP contribution in [0, 0.1) is 5.82 Å². The molecule has 0 atom stereocenters. The van der Waals surface area contributed by atoms with Crippen molar-refractivity contribution in [2.45, 2.75) is 32.5 Å². The van der Waals surface area contributed by atoms with E-state index in [2.05, 4.69) is 16.0 Å². The number of anilines is 2. The van der Waals surface area contributed by atoms with Crippen LogP contribution in [-0.2, 0) is 11.0 Å². The highest BCUT2D eigenvalue weighted by Crippen LogP contribution is 2.36. The molecule has 0 aliphatic rings. The molecule has 0 aromatic heterocycles. The van der Waals surface area contributed by atoms with Crippen molar-refractivity contribution in [3.63, 3.8) is 0 Å². The van der Waals surface area contributed by atoms with E-state index >= 15 is 0 Å². The van der Waals surface area contributed by atoms with Crippen molar-refractivity contribution in [3.05, 3.63) is 59.4 Å². The van der Waals surface area contributed by atoms with Crippen molar-refractivity contribution in [3.8, 4) is 0 Å². The Hall–Kier alpha value is -3.63. The highest BCUT2D eigenvalue weighted by atomic mass is 19.4. The Morgan fingerprint density at radius 1 is 0.938 bits per heavy atom. The van der Waals surface area contributed by atoms with Crippen molar-refractivity contribution in [1.29, 1.82) is 0 Å². The van der Waals surface area contributed by atoms with E-state index in [1.165, 1.54) is 18.2 Å². The molecule has 172 valence electrons. The van der Waals surface area contributed by atoms with E-state index in [0.717, 1.165) is 18.2 Å². The molecule has 2 rings (SSSR count). The SMILES string of the molecule is CC(C)(C)NC(=O)NC(=O)CNc1ccc(NC(=O)c2ccc(F)cc2)cc1C(F)(F)F. The fourth-order valence-electron chi connectivity index (χ4n) is 2.53. The molecule has 0 aliphatic carbocycles. The zero-order chi connectivity index (χ0) is 24.1. The molecular formula is C21H22F4N4O3. The summed E-state index contributed by atoms with van der Waals surface area (Å²) in [5.74, 6) is -2.12. The van der Waals surface area contributed by atoms with Gasteiger partial charge in [0.2, 0.25) is 5.91 Å². The standard InChI is InChI=1S/C21H22F4N4O3/c1-20(2,3)29-19(32)28-17(30)11-26-16-9-8-14(10-15(16)21(23,24)25)27-18(31)12-4-6-13(22)7-5-12/h4-10,26H,11H2,1-3H3,(H,27,31)(H2,28,29,30,32). The van der Waals surface area contributed by atoms with E-state index in [9.17, 15) is 31.9 Å². The molecule has 4 amide bonds. The Kier molecular flexibility index (Phi) is 7.44. The predicted octanol–water partition coefficient (Wildman–Crippen LogP) is 4.13. The number of rotatable bonds is 5. The highest BCUT2D eigenvalue weighted by molar-refractivity contribution is 6.04. The fraction of sp³-hybridized carbons (Fsp3) is 0.286. The number of carbonyl (C=O) groups excluding carboxylic acids is 3. The second-order valence-corrected chi connectivity index (χ2v) is 7.82. The number of nitrogens with one attached hydrogen (secondary N) is 4. The van der Waals surface area contributed by atoms with E-state index in [4.69, 9.17) is 0 Å². The number of hydrogen-bond donors (Lipinski definition) is 4. The van der Waals surface area contributed by atoms with Gasteiger partial charge in [-0.15, -0.1) is 0 Å². The van der Waals surface area contributed by atoms with Gasteiger partial charge in [0, 0.05) is 22.5 Å². The number of hydrogen-bond acceptors (Lipinski definition) is 4. The van der Waals surface area contributed by atoms with Crippen LogP contribution in [0.4, 0.5) is 33.7 Å². The first-order chi connectivity index (χ1) is 14.7. The molecule has 0 unspecified atom stereocenters. The molecule has 0 heterocycles. The number of urea groups is 1. The number of alkyl halides is 3. The Labute approximate surface area is 181 Å². The molecule has 0 radical (unpaired) electrons. The summed E-state index contributed by atoms with van der Waals surface area (Å²) in [6, 6.07) is 6.67. The molecule has 2 aromatic carbocycles. The monoisotopic (exact) mass is 454 g/mol. The third kappa shape index (κ3) is 7.56. The van der Waals surface area contributed by atoms with Crippen LogP contribution in [0.2, 0.25) is 0 Å². The quantitative estimate of drug-likeness (QED) is 0.511. The summed E-state index contributed by atoms with van der Waals surface area (Å²) < 4.78 is 53.4. The summed E-state index contributed by atoms with van der Waals surface area (Å²) in [5, 5.41) is 9.14. The van der Waals surface area contributed by atoms with Gasteiger partial charge >= 0.3 is 12.2 Å². The fourth-order valence-corrected chi connectivity index (χ4v) is 2.53. The third-order valence-electron chi connectivity index (χ3n) is 3.87. The van der Waals surface area contributed by atoms with Crippen LogP contribution in [0.15, 0.2) is 42.5 Å². The minimum absolute atomic E-state index is 0.0624. The smallest absolute Gasteiger partial charge is 0.376 e. The molecular weight excluding hydrogens is 432 g/mol. The molecule has 0 bridgehead atoms. The molecule has 0 saturated heterocycles. The Bertz CT molecular complexity index is 1000. The number of carbonyl (C=O) groups is 3. The molecule has 2 aromatic rings. The van der Waals surface area contributed by atoms with Gasteiger partial charge in [0.1, 0.15) is 5.82 Å². The van der Waals surface area contributed by atoms with Gasteiger partial charge in [-0.2, -0.15) is 13.2 Å². The van der Waals surface area contributed by atoms with Crippen LogP contribution >= 0.6 is 0 Å². The average Bonchev–Trinajstić information content (AvgIpc) is 2.65. The Balaban J connectivity index is 2.10. The molecule has 0 spiro atoms. The normalized spacial score (nSPS) is 11.5. The summed E-state index contributed by atoms with van der Waals surface area (Å²) in [6.07, 6.45) is -4.79. The van der Waals surface area contributed by atoms with E-state index in [0.29, 0.717) is 6.07 Å². The Morgan fingerprint density at radius 3 is 2.12 bits per heavy atom. The lowest BCUT2D eigenvalue weighted by molar-refractivity contribution is -0.137. The van der Waals surface area contributed by atoms with Gasteiger partial charge in [-0.1, -0.05) is 0 Å². The average molecular weight is 454 g/mol. The molecule has 7 nitrogen and oxygen atoms in total. The maximum atomic E-state index is 13.5. The summed E-state index contributed by atoms with van der Waals surface area (Å²) in [6.45, 7) is 4.49. The van der Waals surface area contributed by atoms with Crippen LogP contribution in [0.3, 0.4) is 0 Å². The van der Waals surface area contributed by atoms with Gasteiger partial charge in [-0.25, -0.2) is 9.18 Å². The molecule has 0 aliphatic heterocycles. The van der Waals surface area contributed by atoms with Gasteiger partial charge in [0.05, 0.1) is 12.1 Å². The minimum atomic E-state index is -4.79. The van der Waals surface area contributed by atoms with Gasteiger partial charge in [0.25, 0.3) is 5.91 Å². The van der Waals surface area contributed by atoms with Crippen molar-refractivity contribution in [1.82, 2.24) is 10.6 Å². The maximum absolute atomic E-state index is 13.5. The van der Waals surface area contributed by atoms with Crippen molar-refractivity contribution >= 4 is 29.2 Å². The summed E-state index contributed by atoms with van der Waals surface area (Å²) in [7, 11) is 0. The number of benzene rings is 2. The van der Waals surface area contributed by atoms with Crippen LogP contribution in [-0.4, -0.2) is 29.9 Å². The van der Waals surface area contributed by atoms with Gasteiger partial charge in [-0.05, 0) is 63.2 Å². The summed E-state index contributed by atoms with van der Waals surface area (Å²) >= 11 is 0. The van der Waals surface area contributed by atoms with E-state index < -0.39 is 53.2 Å². The van der Waals surface area contributed by atoms with Crippen LogP contribution in [0.5, 0.6) is 0 Å². The lowest BCUT2D eigenvalue weighted by atomic mass is 10.1. The van der Waals surface area contributed by atoms with Crippen molar-refractivity contribution in [2.24, 2.45) is 0 Å². The lowest BCUT2D eigenvalue weighted by Crippen LogP contribution is -2.49. The van der Waals surface area contributed by atoms with E-state index in [1.54, 1.807) is 20.8 Å².